The standard InChI is InChI=1S/C22H26N4O2S/c1-16(2)17-9-13-20(14-10-17)29(27,28)25-19-11-7-18(8-12-19)22-24-23-21-6-4-3-5-15-26(21)22/h7-14,16,25H,3-6,15H2,1-2H3. The van der Waals surface area contributed by atoms with Crippen LogP contribution in [0.15, 0.2) is 53.4 Å². The van der Waals surface area contributed by atoms with Crippen molar-refractivity contribution in [3.8, 4) is 11.4 Å². The molecule has 0 spiro atoms. The lowest BCUT2D eigenvalue weighted by atomic mass is 10.0. The molecule has 3 aromatic rings. The smallest absolute Gasteiger partial charge is 0.261 e. The fourth-order valence-electron chi connectivity index (χ4n) is 3.63. The second kappa shape index (κ2) is 7.99. The van der Waals surface area contributed by atoms with Gasteiger partial charge in [-0.15, -0.1) is 10.2 Å². The molecule has 0 aliphatic carbocycles. The molecule has 0 atom stereocenters. The van der Waals surface area contributed by atoms with Gasteiger partial charge in [-0.2, -0.15) is 0 Å². The van der Waals surface area contributed by atoms with Crippen LogP contribution in [0, 0.1) is 0 Å². The zero-order valence-electron chi connectivity index (χ0n) is 16.8. The molecule has 1 N–H and O–H groups in total. The van der Waals surface area contributed by atoms with E-state index in [1.54, 1.807) is 24.3 Å². The number of hydrogen-bond donors (Lipinski definition) is 1. The van der Waals surface area contributed by atoms with Crippen molar-refractivity contribution in [2.45, 2.75) is 56.9 Å². The third kappa shape index (κ3) is 4.19. The first kappa shape index (κ1) is 19.6. The second-order valence-electron chi connectivity index (χ2n) is 7.81. The van der Waals surface area contributed by atoms with Crippen LogP contribution >= 0.6 is 0 Å². The fraction of sp³-hybridized carbons (Fsp3) is 0.364. The minimum atomic E-state index is -3.62. The summed E-state index contributed by atoms with van der Waals surface area (Å²) in [5, 5.41) is 8.69. The first-order valence-electron chi connectivity index (χ1n) is 10.1. The number of aryl methyl sites for hydroxylation is 1. The minimum Gasteiger partial charge on any atom is -0.311 e. The first-order valence-corrected chi connectivity index (χ1v) is 11.6. The van der Waals surface area contributed by atoms with Crippen LogP contribution in [-0.2, 0) is 23.0 Å². The fourth-order valence-corrected chi connectivity index (χ4v) is 4.69. The zero-order valence-corrected chi connectivity index (χ0v) is 17.6. The van der Waals surface area contributed by atoms with Crippen LogP contribution in [0.2, 0.25) is 0 Å². The largest absolute Gasteiger partial charge is 0.311 e. The SMILES string of the molecule is CC(C)c1ccc(S(=O)(=O)Nc2ccc(-c3nnc4n3CCCCC4)cc2)cc1. The molecule has 0 unspecified atom stereocenters. The summed E-state index contributed by atoms with van der Waals surface area (Å²) in [6, 6.07) is 14.3. The predicted molar refractivity (Wildman–Crippen MR) is 114 cm³/mol. The Bertz CT molecular complexity index is 1080. The Labute approximate surface area is 172 Å². The van der Waals surface area contributed by atoms with Crippen LogP contribution in [0.3, 0.4) is 0 Å². The summed E-state index contributed by atoms with van der Waals surface area (Å²) in [5.74, 6) is 2.24. The number of anilines is 1. The van der Waals surface area contributed by atoms with E-state index >= 15 is 0 Å². The molecule has 2 heterocycles. The number of nitrogens with one attached hydrogen (secondary N) is 1. The lowest BCUT2D eigenvalue weighted by molar-refractivity contribution is 0.601. The lowest BCUT2D eigenvalue weighted by Gasteiger charge is -2.11. The Morgan fingerprint density at radius 1 is 0.931 bits per heavy atom. The number of rotatable bonds is 5. The highest BCUT2D eigenvalue weighted by molar-refractivity contribution is 7.92. The molecular weight excluding hydrogens is 384 g/mol. The maximum atomic E-state index is 12.7. The maximum Gasteiger partial charge on any atom is 0.261 e. The maximum absolute atomic E-state index is 12.7. The van der Waals surface area contributed by atoms with Gasteiger partial charge in [0.05, 0.1) is 4.90 Å². The Morgan fingerprint density at radius 3 is 2.34 bits per heavy atom. The van der Waals surface area contributed by atoms with Gasteiger partial charge in [0.1, 0.15) is 5.82 Å². The minimum absolute atomic E-state index is 0.258. The monoisotopic (exact) mass is 410 g/mol. The Balaban J connectivity index is 1.53. The van der Waals surface area contributed by atoms with Crippen LogP contribution in [0.5, 0.6) is 0 Å². The van der Waals surface area contributed by atoms with Gasteiger partial charge in [-0.1, -0.05) is 32.4 Å². The van der Waals surface area contributed by atoms with Crippen molar-refractivity contribution in [1.82, 2.24) is 14.8 Å². The third-order valence-corrected chi connectivity index (χ3v) is 6.76. The van der Waals surface area contributed by atoms with Gasteiger partial charge in [0.2, 0.25) is 0 Å². The average Bonchev–Trinajstić information content (AvgIpc) is 2.96. The molecule has 1 aliphatic rings. The Kier molecular flexibility index (Phi) is 5.41. The van der Waals surface area contributed by atoms with Crippen molar-refractivity contribution < 1.29 is 8.42 Å². The summed E-state index contributed by atoms with van der Waals surface area (Å²) >= 11 is 0. The molecule has 0 amide bonds. The number of nitrogens with zero attached hydrogens (tertiary/aromatic N) is 3. The summed E-state index contributed by atoms with van der Waals surface area (Å²) in [6.45, 7) is 5.09. The lowest BCUT2D eigenvalue weighted by Crippen LogP contribution is -2.13. The van der Waals surface area contributed by atoms with Gasteiger partial charge in [-0.05, 0) is 60.7 Å². The Morgan fingerprint density at radius 2 is 1.66 bits per heavy atom. The quantitative estimate of drug-likeness (QED) is 0.667. The van der Waals surface area contributed by atoms with E-state index in [4.69, 9.17) is 0 Å². The van der Waals surface area contributed by atoms with Crippen LogP contribution in [0.1, 0.15) is 50.4 Å². The molecule has 0 saturated heterocycles. The number of benzene rings is 2. The number of aromatic nitrogens is 3. The van der Waals surface area contributed by atoms with Crippen molar-refractivity contribution in [2.75, 3.05) is 4.72 Å². The Hall–Kier alpha value is -2.67. The van der Waals surface area contributed by atoms with Crippen LogP contribution in [-0.4, -0.2) is 23.2 Å². The normalized spacial score (nSPS) is 14.4. The van der Waals surface area contributed by atoms with Gasteiger partial charge in [0.15, 0.2) is 5.82 Å². The van der Waals surface area contributed by atoms with Gasteiger partial charge < -0.3 is 4.57 Å². The van der Waals surface area contributed by atoms with E-state index in [2.05, 4.69) is 33.3 Å². The van der Waals surface area contributed by atoms with Crippen molar-refractivity contribution >= 4 is 15.7 Å². The van der Waals surface area contributed by atoms with E-state index in [1.165, 1.54) is 6.42 Å². The van der Waals surface area contributed by atoms with Gasteiger partial charge >= 0.3 is 0 Å². The molecule has 0 saturated carbocycles. The summed E-state index contributed by atoms with van der Waals surface area (Å²) in [7, 11) is -3.62. The molecule has 0 fully saturated rings. The highest BCUT2D eigenvalue weighted by Crippen LogP contribution is 2.25. The second-order valence-corrected chi connectivity index (χ2v) is 9.49. The highest BCUT2D eigenvalue weighted by Gasteiger charge is 2.17. The van der Waals surface area contributed by atoms with Gasteiger partial charge in [-0.25, -0.2) is 8.42 Å². The molecule has 1 aliphatic heterocycles. The first-order chi connectivity index (χ1) is 13.9. The topological polar surface area (TPSA) is 76.9 Å². The zero-order chi connectivity index (χ0) is 20.4. The van der Waals surface area contributed by atoms with Crippen molar-refractivity contribution in [1.29, 1.82) is 0 Å². The van der Waals surface area contributed by atoms with Crippen LogP contribution in [0.25, 0.3) is 11.4 Å². The van der Waals surface area contributed by atoms with Gasteiger partial charge in [-0.3, -0.25) is 4.72 Å². The van der Waals surface area contributed by atoms with E-state index in [0.29, 0.717) is 11.6 Å². The molecule has 1 aromatic heterocycles. The third-order valence-electron chi connectivity index (χ3n) is 5.36. The number of fused-ring (bicyclic) bond motifs is 1. The predicted octanol–water partition coefficient (Wildman–Crippen LogP) is 4.60. The molecule has 2 aromatic carbocycles. The number of hydrogen-bond acceptors (Lipinski definition) is 4. The van der Waals surface area contributed by atoms with Crippen LogP contribution < -0.4 is 4.72 Å². The molecular formula is C22H26N4O2S. The average molecular weight is 411 g/mol. The van der Waals surface area contributed by atoms with Crippen molar-refractivity contribution in [2.24, 2.45) is 0 Å². The van der Waals surface area contributed by atoms with E-state index in [0.717, 1.165) is 48.6 Å². The molecule has 6 nitrogen and oxygen atoms in total. The van der Waals surface area contributed by atoms with E-state index < -0.39 is 10.0 Å². The van der Waals surface area contributed by atoms with E-state index in [1.807, 2.05) is 24.3 Å². The summed E-state index contributed by atoms with van der Waals surface area (Å²) in [5.41, 5.74) is 2.58. The van der Waals surface area contributed by atoms with Crippen molar-refractivity contribution in [3.05, 3.63) is 59.9 Å². The van der Waals surface area contributed by atoms with Gasteiger partial charge in [0, 0.05) is 24.2 Å². The van der Waals surface area contributed by atoms with Crippen LogP contribution in [0.4, 0.5) is 5.69 Å². The van der Waals surface area contributed by atoms with E-state index in [9.17, 15) is 8.42 Å². The molecule has 0 bridgehead atoms. The van der Waals surface area contributed by atoms with E-state index in [-0.39, 0.29) is 4.90 Å². The molecule has 4 rings (SSSR count). The molecule has 0 radical (unpaired) electrons. The molecule has 7 heteroatoms. The van der Waals surface area contributed by atoms with Crippen molar-refractivity contribution in [3.63, 3.8) is 0 Å². The summed E-state index contributed by atoms with van der Waals surface area (Å²) in [6.07, 6.45) is 4.45. The molecule has 29 heavy (non-hydrogen) atoms. The number of sulfonamides is 1. The van der Waals surface area contributed by atoms with Gasteiger partial charge in [0.25, 0.3) is 10.0 Å². The molecule has 152 valence electrons. The summed E-state index contributed by atoms with van der Waals surface area (Å²) in [4.78, 5) is 0.258. The summed E-state index contributed by atoms with van der Waals surface area (Å²) < 4.78 is 30.2. The highest BCUT2D eigenvalue weighted by atomic mass is 32.2.